The average molecular weight is 268 g/mol. The van der Waals surface area contributed by atoms with E-state index in [2.05, 4.69) is 13.8 Å². The summed E-state index contributed by atoms with van der Waals surface area (Å²) in [6.07, 6.45) is 0. The highest BCUT2D eigenvalue weighted by Crippen LogP contribution is 2.25. The summed E-state index contributed by atoms with van der Waals surface area (Å²) in [6, 6.07) is 5.28. The molecule has 0 aliphatic carbocycles. The number of hydrogen-bond acceptors (Lipinski definition) is 4. The summed E-state index contributed by atoms with van der Waals surface area (Å²) in [7, 11) is 3.16. The lowest BCUT2D eigenvalue weighted by atomic mass is 10.1. The summed E-state index contributed by atoms with van der Waals surface area (Å²) in [5.74, 6) is 3.41. The number of Topliss-reactive ketones (excluding diaryl/α,β-unsaturated/α-hetero) is 1. The van der Waals surface area contributed by atoms with E-state index in [-0.39, 0.29) is 5.78 Å². The predicted octanol–water partition coefficient (Wildman–Crippen LogP) is 3.28. The molecule has 0 amide bonds. The lowest BCUT2D eigenvalue weighted by molar-refractivity contribution is 0.101. The van der Waals surface area contributed by atoms with Crippen molar-refractivity contribution in [1.29, 1.82) is 0 Å². The Morgan fingerprint density at radius 1 is 1.28 bits per heavy atom. The monoisotopic (exact) mass is 268 g/mol. The van der Waals surface area contributed by atoms with Crippen molar-refractivity contribution >= 4 is 17.5 Å². The van der Waals surface area contributed by atoms with Gasteiger partial charge in [-0.25, -0.2) is 0 Å². The fourth-order valence-electron chi connectivity index (χ4n) is 1.50. The predicted molar refractivity (Wildman–Crippen MR) is 76.0 cm³/mol. The van der Waals surface area contributed by atoms with Gasteiger partial charge in [0.15, 0.2) is 5.78 Å². The largest absolute Gasteiger partial charge is 0.497 e. The van der Waals surface area contributed by atoms with E-state index in [1.807, 2.05) is 0 Å². The molecule has 0 aliphatic heterocycles. The second-order valence-corrected chi connectivity index (χ2v) is 5.43. The molecule has 0 atom stereocenters. The van der Waals surface area contributed by atoms with Crippen molar-refractivity contribution < 1.29 is 14.3 Å². The zero-order valence-corrected chi connectivity index (χ0v) is 12.2. The topological polar surface area (TPSA) is 35.5 Å². The molecule has 100 valence electrons. The SMILES string of the molecule is COc1ccc(OC)c(C(=O)CSCC(C)C)c1. The molecule has 4 heteroatoms. The smallest absolute Gasteiger partial charge is 0.176 e. The summed E-state index contributed by atoms with van der Waals surface area (Å²) in [5, 5.41) is 0. The van der Waals surface area contributed by atoms with Gasteiger partial charge in [0.1, 0.15) is 11.5 Å². The van der Waals surface area contributed by atoms with E-state index in [1.54, 1.807) is 44.2 Å². The summed E-state index contributed by atoms with van der Waals surface area (Å²) < 4.78 is 10.3. The molecule has 0 saturated heterocycles. The Morgan fingerprint density at radius 2 is 2.00 bits per heavy atom. The molecule has 3 nitrogen and oxygen atoms in total. The van der Waals surface area contributed by atoms with Gasteiger partial charge in [0.2, 0.25) is 0 Å². The molecule has 1 rings (SSSR count). The Bertz CT molecular complexity index is 402. The second kappa shape index (κ2) is 7.31. The Labute approximate surface area is 113 Å². The van der Waals surface area contributed by atoms with Crippen LogP contribution in [0.25, 0.3) is 0 Å². The van der Waals surface area contributed by atoms with Gasteiger partial charge in [-0.15, -0.1) is 0 Å². The van der Waals surface area contributed by atoms with Gasteiger partial charge in [0.25, 0.3) is 0 Å². The zero-order chi connectivity index (χ0) is 13.5. The number of carbonyl (C=O) groups excluding carboxylic acids is 1. The van der Waals surface area contributed by atoms with E-state index in [4.69, 9.17) is 9.47 Å². The molecule has 0 spiro atoms. The number of benzene rings is 1. The van der Waals surface area contributed by atoms with Gasteiger partial charge in [0.05, 0.1) is 25.5 Å². The molecule has 1 aromatic rings. The number of ether oxygens (including phenoxy) is 2. The Balaban J connectivity index is 2.76. The van der Waals surface area contributed by atoms with Crippen LogP contribution in [-0.4, -0.2) is 31.5 Å². The van der Waals surface area contributed by atoms with Crippen molar-refractivity contribution in [2.45, 2.75) is 13.8 Å². The van der Waals surface area contributed by atoms with Gasteiger partial charge < -0.3 is 9.47 Å². The quantitative estimate of drug-likeness (QED) is 0.711. The van der Waals surface area contributed by atoms with E-state index in [1.165, 1.54) is 0 Å². The second-order valence-electron chi connectivity index (χ2n) is 4.40. The first kappa shape index (κ1) is 14.9. The van der Waals surface area contributed by atoms with Crippen molar-refractivity contribution in [2.24, 2.45) is 5.92 Å². The minimum Gasteiger partial charge on any atom is -0.497 e. The standard InChI is InChI=1S/C14H20O3S/c1-10(2)8-18-9-13(15)12-7-11(16-3)5-6-14(12)17-4/h5-7,10H,8-9H2,1-4H3. The maximum absolute atomic E-state index is 12.1. The fraction of sp³-hybridized carbons (Fsp3) is 0.500. The fourth-order valence-corrected chi connectivity index (χ4v) is 2.43. The third-order valence-electron chi connectivity index (χ3n) is 2.39. The molecule has 0 aliphatic rings. The first-order valence-corrected chi connectivity index (χ1v) is 7.07. The summed E-state index contributed by atoms with van der Waals surface area (Å²) >= 11 is 1.65. The highest BCUT2D eigenvalue weighted by Gasteiger charge is 2.13. The van der Waals surface area contributed by atoms with Crippen molar-refractivity contribution in [2.75, 3.05) is 25.7 Å². The third kappa shape index (κ3) is 4.26. The van der Waals surface area contributed by atoms with Crippen LogP contribution in [0.15, 0.2) is 18.2 Å². The van der Waals surface area contributed by atoms with Crippen molar-refractivity contribution in [3.8, 4) is 11.5 Å². The molecule has 0 unspecified atom stereocenters. The molecule has 1 aromatic carbocycles. The molecular formula is C14H20O3S. The number of thioether (sulfide) groups is 1. The summed E-state index contributed by atoms with van der Waals surface area (Å²) in [5.41, 5.74) is 0.591. The molecule has 0 bridgehead atoms. The third-order valence-corrected chi connectivity index (χ3v) is 3.76. The molecule has 18 heavy (non-hydrogen) atoms. The Morgan fingerprint density at radius 3 is 2.56 bits per heavy atom. The number of carbonyl (C=O) groups is 1. The number of methoxy groups -OCH3 is 2. The maximum atomic E-state index is 12.1. The van der Waals surface area contributed by atoms with Crippen LogP contribution < -0.4 is 9.47 Å². The van der Waals surface area contributed by atoms with Crippen molar-refractivity contribution in [3.05, 3.63) is 23.8 Å². The van der Waals surface area contributed by atoms with Crippen molar-refractivity contribution in [3.63, 3.8) is 0 Å². The highest BCUT2D eigenvalue weighted by molar-refractivity contribution is 7.99. The first-order valence-electron chi connectivity index (χ1n) is 5.91. The number of rotatable bonds is 7. The summed E-state index contributed by atoms with van der Waals surface area (Å²) in [4.78, 5) is 12.1. The molecule has 0 heterocycles. The normalized spacial score (nSPS) is 10.5. The molecule has 0 aromatic heterocycles. The zero-order valence-electron chi connectivity index (χ0n) is 11.4. The van der Waals surface area contributed by atoms with Crippen LogP contribution in [-0.2, 0) is 0 Å². The molecule has 0 N–H and O–H groups in total. The van der Waals surface area contributed by atoms with Crippen LogP contribution in [0.1, 0.15) is 24.2 Å². The highest BCUT2D eigenvalue weighted by atomic mass is 32.2. The maximum Gasteiger partial charge on any atom is 0.176 e. The molecule has 0 saturated carbocycles. The summed E-state index contributed by atoms with van der Waals surface area (Å²) in [6.45, 7) is 4.28. The molecule has 0 radical (unpaired) electrons. The van der Waals surface area contributed by atoms with Crippen LogP contribution in [0.4, 0.5) is 0 Å². The van der Waals surface area contributed by atoms with E-state index in [0.717, 1.165) is 5.75 Å². The minimum absolute atomic E-state index is 0.0800. The molecule has 0 fully saturated rings. The van der Waals surface area contributed by atoms with Gasteiger partial charge in [-0.1, -0.05) is 13.8 Å². The average Bonchev–Trinajstić information content (AvgIpc) is 2.37. The van der Waals surface area contributed by atoms with Gasteiger partial charge >= 0.3 is 0 Å². The van der Waals surface area contributed by atoms with E-state index in [9.17, 15) is 4.79 Å². The van der Waals surface area contributed by atoms with E-state index < -0.39 is 0 Å². The van der Waals surface area contributed by atoms with E-state index >= 15 is 0 Å². The van der Waals surface area contributed by atoms with Gasteiger partial charge in [-0.3, -0.25) is 4.79 Å². The van der Waals surface area contributed by atoms with E-state index in [0.29, 0.717) is 28.7 Å². The number of hydrogen-bond donors (Lipinski definition) is 0. The first-order chi connectivity index (χ1) is 8.58. The van der Waals surface area contributed by atoms with Crippen molar-refractivity contribution in [1.82, 2.24) is 0 Å². The van der Waals surface area contributed by atoms with Gasteiger partial charge in [0, 0.05) is 0 Å². The van der Waals surface area contributed by atoms with Gasteiger partial charge in [-0.05, 0) is 29.9 Å². The number of ketones is 1. The van der Waals surface area contributed by atoms with Crippen LogP contribution >= 0.6 is 11.8 Å². The van der Waals surface area contributed by atoms with Crippen LogP contribution in [0.2, 0.25) is 0 Å². The Hall–Kier alpha value is -1.16. The van der Waals surface area contributed by atoms with Crippen LogP contribution in [0, 0.1) is 5.92 Å². The van der Waals surface area contributed by atoms with Crippen LogP contribution in [0.3, 0.4) is 0 Å². The Kier molecular flexibility index (Phi) is 6.05. The minimum atomic E-state index is 0.0800. The molecular weight excluding hydrogens is 248 g/mol. The van der Waals surface area contributed by atoms with Gasteiger partial charge in [-0.2, -0.15) is 11.8 Å². The van der Waals surface area contributed by atoms with Crippen LogP contribution in [0.5, 0.6) is 11.5 Å². The lowest BCUT2D eigenvalue weighted by Crippen LogP contribution is -2.07. The lowest BCUT2D eigenvalue weighted by Gasteiger charge is -2.10.